The van der Waals surface area contributed by atoms with Crippen LogP contribution < -0.4 is 11.5 Å². The highest BCUT2D eigenvalue weighted by Crippen LogP contribution is 1.74. The van der Waals surface area contributed by atoms with Gasteiger partial charge in [-0.3, -0.25) is 9.59 Å². The highest BCUT2D eigenvalue weighted by molar-refractivity contribution is 5.91. The van der Waals surface area contributed by atoms with Crippen molar-refractivity contribution in [1.82, 2.24) is 0 Å². The molecule has 4 heteroatoms. The van der Waals surface area contributed by atoms with E-state index in [1.165, 1.54) is 20.3 Å². The first-order valence-electron chi connectivity index (χ1n) is 7.61. The number of hydrogen-bond donors (Lipinski definition) is 2. The SMILES string of the molecule is C=C(N)C(C)=O.C=C(N)C(C)=O.CC.CC.CC.CCC. The Morgan fingerprint density at radius 2 is 0.762 bits per heavy atom. The van der Waals surface area contributed by atoms with Crippen LogP contribution in [0.3, 0.4) is 0 Å². The molecule has 0 aliphatic rings. The van der Waals surface area contributed by atoms with Crippen molar-refractivity contribution in [1.29, 1.82) is 0 Å². The molecule has 0 aromatic heterocycles. The van der Waals surface area contributed by atoms with Gasteiger partial charge in [-0.1, -0.05) is 75.0 Å². The summed E-state index contributed by atoms with van der Waals surface area (Å²) in [6.07, 6.45) is 1.25. The number of carbonyl (C=O) groups excluding carboxylic acids is 2. The van der Waals surface area contributed by atoms with Gasteiger partial charge in [-0.05, 0) is 0 Å². The molecule has 0 saturated carbocycles. The van der Waals surface area contributed by atoms with E-state index in [9.17, 15) is 9.59 Å². The van der Waals surface area contributed by atoms with Crippen molar-refractivity contribution in [3.8, 4) is 0 Å². The second kappa shape index (κ2) is 42.9. The van der Waals surface area contributed by atoms with Crippen molar-refractivity contribution < 1.29 is 9.59 Å². The van der Waals surface area contributed by atoms with E-state index in [0.717, 1.165) is 0 Å². The van der Waals surface area contributed by atoms with Gasteiger partial charge in [0, 0.05) is 13.8 Å². The Kier molecular flexibility index (Phi) is 74.7. The third-order valence-electron chi connectivity index (χ3n) is 0.904. The fourth-order valence-electron chi connectivity index (χ4n) is 0. The standard InChI is InChI=1S/2C4H7NO.C3H8.3C2H6/c2*1-3(5)4(2)6;1-3-2;3*1-2/h2*1,5H2,2H3;3H2,1-2H3;3*1-2H3. The summed E-state index contributed by atoms with van der Waals surface area (Å²) in [5.41, 5.74) is 10.0. The van der Waals surface area contributed by atoms with Crippen LogP contribution in [0.4, 0.5) is 0 Å². The summed E-state index contributed by atoms with van der Waals surface area (Å²) < 4.78 is 0. The van der Waals surface area contributed by atoms with Crippen molar-refractivity contribution in [2.75, 3.05) is 0 Å². The summed E-state index contributed by atoms with van der Waals surface area (Å²) in [7, 11) is 0. The minimum absolute atomic E-state index is 0.120. The zero-order chi connectivity index (χ0) is 19.0. The predicted octanol–water partition coefficient (Wildman–Crippen LogP) is 4.59. The number of Topliss-reactive ketones (excluding diaryl/α,β-unsaturated/α-hetero) is 2. The molecule has 0 bridgehead atoms. The minimum Gasteiger partial charge on any atom is -0.396 e. The van der Waals surface area contributed by atoms with Crippen molar-refractivity contribution >= 4 is 11.6 Å². The zero-order valence-electron chi connectivity index (χ0n) is 16.1. The van der Waals surface area contributed by atoms with E-state index in [2.05, 4.69) is 27.0 Å². The van der Waals surface area contributed by atoms with Gasteiger partial charge >= 0.3 is 0 Å². The average Bonchev–Trinajstić information content (AvgIpc) is 2.46. The number of ketones is 2. The summed E-state index contributed by atoms with van der Waals surface area (Å²) >= 11 is 0. The molecule has 4 nitrogen and oxygen atoms in total. The molecule has 130 valence electrons. The Bertz CT molecular complexity index is 187. The van der Waals surface area contributed by atoms with E-state index < -0.39 is 0 Å². The molecule has 0 aromatic rings. The Labute approximate surface area is 133 Å². The smallest absolute Gasteiger partial charge is 0.174 e. The van der Waals surface area contributed by atoms with Crippen LogP contribution in [0, 0.1) is 0 Å². The molecule has 0 aliphatic heterocycles. The number of hydrogen-bond acceptors (Lipinski definition) is 4. The topological polar surface area (TPSA) is 86.2 Å². The minimum atomic E-state index is -0.157. The van der Waals surface area contributed by atoms with Gasteiger partial charge in [-0.2, -0.15) is 0 Å². The Morgan fingerprint density at radius 1 is 0.714 bits per heavy atom. The van der Waals surface area contributed by atoms with E-state index in [4.69, 9.17) is 11.5 Å². The molecule has 0 spiro atoms. The maximum absolute atomic E-state index is 9.92. The maximum Gasteiger partial charge on any atom is 0.174 e. The number of allylic oxidation sites excluding steroid dienone is 2. The van der Waals surface area contributed by atoms with Crippen LogP contribution in [0.5, 0.6) is 0 Å². The van der Waals surface area contributed by atoms with E-state index in [1.807, 2.05) is 41.5 Å². The van der Waals surface area contributed by atoms with Gasteiger partial charge in [0.25, 0.3) is 0 Å². The third kappa shape index (κ3) is 120. The zero-order valence-corrected chi connectivity index (χ0v) is 16.1. The van der Waals surface area contributed by atoms with Crippen molar-refractivity contribution in [3.63, 3.8) is 0 Å². The van der Waals surface area contributed by atoms with Crippen LogP contribution in [0.25, 0.3) is 0 Å². The molecular weight excluding hydrogens is 264 g/mol. The van der Waals surface area contributed by atoms with Gasteiger partial charge in [-0.25, -0.2) is 0 Å². The van der Waals surface area contributed by atoms with E-state index in [-0.39, 0.29) is 23.0 Å². The van der Waals surface area contributed by atoms with Gasteiger partial charge in [0.05, 0.1) is 11.4 Å². The van der Waals surface area contributed by atoms with E-state index >= 15 is 0 Å². The molecule has 0 amide bonds. The fourth-order valence-corrected chi connectivity index (χ4v) is 0. The summed E-state index contributed by atoms with van der Waals surface area (Å²) in [4.78, 5) is 19.8. The van der Waals surface area contributed by atoms with Crippen LogP contribution in [-0.2, 0) is 9.59 Å². The molecule has 21 heavy (non-hydrogen) atoms. The largest absolute Gasteiger partial charge is 0.396 e. The predicted molar refractivity (Wildman–Crippen MR) is 98.0 cm³/mol. The first-order chi connectivity index (χ1) is 9.70. The summed E-state index contributed by atoms with van der Waals surface area (Å²) in [5.74, 6) is -0.315. The highest BCUT2D eigenvalue weighted by atomic mass is 16.1. The molecule has 0 rings (SSSR count). The normalized spacial score (nSPS) is 6.00. The molecule has 0 saturated heterocycles. The second-order valence-corrected chi connectivity index (χ2v) is 2.87. The first kappa shape index (κ1) is 36.6. The monoisotopic (exact) mass is 304 g/mol. The third-order valence-corrected chi connectivity index (χ3v) is 0.904. The fraction of sp³-hybridized carbons (Fsp3) is 0.647. The van der Waals surface area contributed by atoms with Crippen LogP contribution in [0.15, 0.2) is 24.6 Å². The number of nitrogens with two attached hydrogens (primary N) is 2. The molecule has 0 aromatic carbocycles. The number of carbonyl (C=O) groups is 2. The van der Waals surface area contributed by atoms with Gasteiger partial charge in [0.2, 0.25) is 0 Å². The molecule has 0 aliphatic carbocycles. The molecule has 4 N–H and O–H groups in total. The molecular formula is C17H40N2O2. The summed E-state index contributed by atoms with van der Waals surface area (Å²) in [6, 6.07) is 0. The average molecular weight is 305 g/mol. The van der Waals surface area contributed by atoms with Crippen LogP contribution in [0.1, 0.15) is 75.7 Å². The van der Waals surface area contributed by atoms with Crippen molar-refractivity contribution in [2.24, 2.45) is 11.5 Å². The van der Waals surface area contributed by atoms with Crippen LogP contribution in [0.2, 0.25) is 0 Å². The van der Waals surface area contributed by atoms with Crippen LogP contribution >= 0.6 is 0 Å². The Balaban J connectivity index is -0.0000000351. The van der Waals surface area contributed by atoms with Gasteiger partial charge < -0.3 is 11.5 Å². The highest BCUT2D eigenvalue weighted by Gasteiger charge is 1.87. The van der Waals surface area contributed by atoms with E-state index in [0.29, 0.717) is 0 Å². The van der Waals surface area contributed by atoms with Gasteiger partial charge in [0.15, 0.2) is 11.6 Å². The molecule has 0 unspecified atom stereocenters. The quantitative estimate of drug-likeness (QED) is 0.730. The lowest BCUT2D eigenvalue weighted by Crippen LogP contribution is -2.03. The molecule has 0 fully saturated rings. The second-order valence-electron chi connectivity index (χ2n) is 2.87. The lowest BCUT2D eigenvalue weighted by Gasteiger charge is -1.82. The van der Waals surface area contributed by atoms with E-state index in [1.54, 1.807) is 0 Å². The van der Waals surface area contributed by atoms with Gasteiger partial charge in [-0.15, -0.1) is 0 Å². The summed E-state index contributed by atoms with van der Waals surface area (Å²) in [6.45, 7) is 25.4. The Hall–Kier alpha value is -1.58. The molecule has 0 radical (unpaired) electrons. The first-order valence-corrected chi connectivity index (χ1v) is 7.61. The lowest BCUT2D eigenvalue weighted by molar-refractivity contribution is -0.114. The molecule has 0 heterocycles. The number of rotatable bonds is 2. The maximum atomic E-state index is 9.92. The van der Waals surface area contributed by atoms with Crippen molar-refractivity contribution in [2.45, 2.75) is 75.7 Å². The molecule has 0 atom stereocenters. The van der Waals surface area contributed by atoms with Gasteiger partial charge in [0.1, 0.15) is 0 Å². The van der Waals surface area contributed by atoms with Crippen molar-refractivity contribution in [3.05, 3.63) is 24.6 Å². The lowest BCUT2D eigenvalue weighted by atomic mass is 10.4. The Morgan fingerprint density at radius 3 is 0.762 bits per heavy atom. The van der Waals surface area contributed by atoms with Crippen LogP contribution in [-0.4, -0.2) is 11.6 Å². The summed E-state index contributed by atoms with van der Waals surface area (Å²) in [5, 5.41) is 0.